The van der Waals surface area contributed by atoms with E-state index in [0.717, 1.165) is 11.1 Å². The summed E-state index contributed by atoms with van der Waals surface area (Å²) in [4.78, 5) is 22.4. The van der Waals surface area contributed by atoms with E-state index in [1.165, 1.54) is 11.3 Å². The van der Waals surface area contributed by atoms with Crippen LogP contribution in [0.4, 0.5) is 0 Å². The first-order valence-corrected chi connectivity index (χ1v) is 10.4. The van der Waals surface area contributed by atoms with Crippen LogP contribution < -0.4 is 10.1 Å². The molecule has 30 heavy (non-hydrogen) atoms. The van der Waals surface area contributed by atoms with Crippen molar-refractivity contribution in [2.75, 3.05) is 7.11 Å². The number of halogens is 1. The topological polar surface area (TPSA) is 69.0 Å². The highest BCUT2D eigenvalue weighted by atomic mass is 35.5. The van der Waals surface area contributed by atoms with Gasteiger partial charge in [0.1, 0.15) is 27.5 Å². The Morgan fingerprint density at radius 3 is 2.77 bits per heavy atom. The fourth-order valence-corrected chi connectivity index (χ4v) is 4.25. The van der Waals surface area contributed by atoms with Crippen LogP contribution in [-0.4, -0.2) is 27.6 Å². The van der Waals surface area contributed by atoms with E-state index in [1.807, 2.05) is 60.3 Å². The fourth-order valence-electron chi connectivity index (χ4n) is 3.11. The first-order chi connectivity index (χ1) is 14.6. The van der Waals surface area contributed by atoms with E-state index in [1.54, 1.807) is 25.6 Å². The molecule has 0 bridgehead atoms. The average molecular weight is 439 g/mol. The van der Waals surface area contributed by atoms with E-state index >= 15 is 0 Å². The molecule has 1 N–H and O–H groups in total. The molecule has 0 spiro atoms. The Balaban J connectivity index is 1.64. The summed E-state index contributed by atoms with van der Waals surface area (Å²) in [6.45, 7) is 0. The van der Waals surface area contributed by atoms with E-state index in [9.17, 15) is 4.79 Å². The van der Waals surface area contributed by atoms with E-state index in [-0.39, 0.29) is 5.91 Å². The number of aromatic nitrogens is 3. The van der Waals surface area contributed by atoms with Gasteiger partial charge in [-0.05, 0) is 23.8 Å². The Morgan fingerprint density at radius 1 is 1.20 bits per heavy atom. The van der Waals surface area contributed by atoms with Crippen LogP contribution >= 0.6 is 22.9 Å². The Kier molecular flexibility index (Phi) is 5.83. The Labute approximate surface area is 183 Å². The SMILES string of the molecule is COc1cccc(C(NC(=O)c2cnc(-c3ccccc3Cl)s2)c2nccn2C)c1. The molecule has 0 fully saturated rings. The van der Waals surface area contributed by atoms with Crippen LogP contribution in [-0.2, 0) is 7.05 Å². The number of carbonyl (C=O) groups is 1. The van der Waals surface area contributed by atoms with Crippen molar-refractivity contribution in [2.45, 2.75) is 6.04 Å². The molecule has 4 rings (SSSR count). The minimum atomic E-state index is -0.446. The Hall–Kier alpha value is -3.16. The molecule has 0 aliphatic heterocycles. The van der Waals surface area contributed by atoms with Crippen LogP contribution in [0.25, 0.3) is 10.6 Å². The van der Waals surface area contributed by atoms with Crippen molar-refractivity contribution in [2.24, 2.45) is 7.05 Å². The molecule has 0 radical (unpaired) electrons. The summed E-state index contributed by atoms with van der Waals surface area (Å²) in [5.74, 6) is 1.19. The summed E-state index contributed by atoms with van der Waals surface area (Å²) in [5.41, 5.74) is 1.67. The maximum Gasteiger partial charge on any atom is 0.263 e. The molecule has 2 aromatic heterocycles. The van der Waals surface area contributed by atoms with E-state index in [4.69, 9.17) is 16.3 Å². The Morgan fingerprint density at radius 2 is 2.03 bits per heavy atom. The lowest BCUT2D eigenvalue weighted by molar-refractivity contribution is 0.0945. The van der Waals surface area contributed by atoms with Gasteiger partial charge in [0.25, 0.3) is 5.91 Å². The summed E-state index contributed by atoms with van der Waals surface area (Å²) >= 11 is 7.56. The van der Waals surface area contributed by atoms with Gasteiger partial charge < -0.3 is 14.6 Å². The highest BCUT2D eigenvalue weighted by Crippen LogP contribution is 2.31. The van der Waals surface area contributed by atoms with Gasteiger partial charge in [0.15, 0.2) is 0 Å². The molecule has 0 saturated heterocycles. The number of thiazole rings is 1. The zero-order chi connectivity index (χ0) is 21.1. The smallest absolute Gasteiger partial charge is 0.263 e. The summed E-state index contributed by atoms with van der Waals surface area (Å²) in [6, 6.07) is 14.6. The van der Waals surface area contributed by atoms with Gasteiger partial charge in [-0.15, -0.1) is 11.3 Å². The summed E-state index contributed by atoms with van der Waals surface area (Å²) in [5, 5.41) is 4.38. The molecule has 152 valence electrons. The standard InChI is InChI=1S/C22H19ClN4O2S/c1-27-11-10-24-20(27)19(14-6-5-7-15(12-14)29-2)26-21(28)18-13-25-22(30-18)16-8-3-4-9-17(16)23/h3-13,19H,1-2H3,(H,26,28). The monoisotopic (exact) mass is 438 g/mol. The number of methoxy groups -OCH3 is 1. The number of hydrogen-bond acceptors (Lipinski definition) is 5. The normalized spacial score (nSPS) is 11.8. The molecule has 0 saturated carbocycles. The molecule has 1 atom stereocenters. The molecule has 0 aliphatic rings. The number of hydrogen-bond donors (Lipinski definition) is 1. The molecule has 2 aromatic carbocycles. The second-order valence-electron chi connectivity index (χ2n) is 6.59. The highest BCUT2D eigenvalue weighted by Gasteiger charge is 2.23. The highest BCUT2D eigenvalue weighted by molar-refractivity contribution is 7.17. The minimum absolute atomic E-state index is 0.235. The molecule has 6 nitrogen and oxygen atoms in total. The largest absolute Gasteiger partial charge is 0.497 e. The van der Waals surface area contributed by atoms with Crippen LogP contribution in [0.15, 0.2) is 67.1 Å². The first-order valence-electron chi connectivity index (χ1n) is 9.19. The van der Waals surface area contributed by atoms with Gasteiger partial charge in [-0.1, -0.05) is 41.9 Å². The third kappa shape index (κ3) is 4.08. The summed E-state index contributed by atoms with van der Waals surface area (Å²) < 4.78 is 7.23. The van der Waals surface area contributed by atoms with Crippen molar-refractivity contribution in [3.8, 4) is 16.3 Å². The number of rotatable bonds is 6. The number of amides is 1. The van der Waals surface area contributed by atoms with Crippen molar-refractivity contribution in [1.82, 2.24) is 19.9 Å². The molecule has 4 aromatic rings. The van der Waals surface area contributed by atoms with E-state index in [2.05, 4.69) is 15.3 Å². The lowest BCUT2D eigenvalue weighted by Gasteiger charge is -2.19. The molecular formula is C22H19ClN4O2S. The number of ether oxygens (including phenoxy) is 1. The molecule has 2 heterocycles. The van der Waals surface area contributed by atoms with Crippen LogP contribution in [0, 0.1) is 0 Å². The van der Waals surface area contributed by atoms with Crippen molar-refractivity contribution in [1.29, 1.82) is 0 Å². The number of carbonyl (C=O) groups excluding carboxylic acids is 1. The number of nitrogens with zero attached hydrogens (tertiary/aromatic N) is 3. The van der Waals surface area contributed by atoms with Gasteiger partial charge in [0.2, 0.25) is 0 Å². The average Bonchev–Trinajstić information content (AvgIpc) is 3.42. The number of imidazole rings is 1. The van der Waals surface area contributed by atoms with Crippen molar-refractivity contribution in [3.05, 3.63) is 88.4 Å². The van der Waals surface area contributed by atoms with Crippen molar-refractivity contribution in [3.63, 3.8) is 0 Å². The van der Waals surface area contributed by atoms with Crippen LogP contribution in [0.3, 0.4) is 0 Å². The fraction of sp³-hybridized carbons (Fsp3) is 0.136. The predicted molar refractivity (Wildman–Crippen MR) is 118 cm³/mol. The van der Waals surface area contributed by atoms with Gasteiger partial charge in [-0.2, -0.15) is 0 Å². The molecule has 1 unspecified atom stereocenters. The zero-order valence-electron chi connectivity index (χ0n) is 16.4. The lowest BCUT2D eigenvalue weighted by Crippen LogP contribution is -2.30. The van der Waals surface area contributed by atoms with Crippen molar-refractivity contribution < 1.29 is 9.53 Å². The second kappa shape index (κ2) is 8.69. The van der Waals surface area contributed by atoms with Crippen LogP contribution in [0.5, 0.6) is 5.75 Å². The molecule has 1 amide bonds. The predicted octanol–water partition coefficient (Wildman–Crippen LogP) is 4.73. The van der Waals surface area contributed by atoms with Gasteiger partial charge >= 0.3 is 0 Å². The second-order valence-corrected chi connectivity index (χ2v) is 8.03. The Bertz CT molecular complexity index is 1190. The van der Waals surface area contributed by atoms with E-state index < -0.39 is 6.04 Å². The zero-order valence-corrected chi connectivity index (χ0v) is 17.9. The molecule has 8 heteroatoms. The maximum atomic E-state index is 13.1. The van der Waals surface area contributed by atoms with Crippen molar-refractivity contribution >= 4 is 28.8 Å². The van der Waals surface area contributed by atoms with Gasteiger partial charge in [0, 0.05) is 25.0 Å². The van der Waals surface area contributed by atoms with Crippen LogP contribution in [0.1, 0.15) is 27.1 Å². The van der Waals surface area contributed by atoms with Crippen LogP contribution in [0.2, 0.25) is 5.02 Å². The number of aryl methyl sites for hydroxylation is 1. The number of benzene rings is 2. The summed E-state index contributed by atoms with van der Waals surface area (Å²) in [6.07, 6.45) is 5.12. The lowest BCUT2D eigenvalue weighted by atomic mass is 10.1. The van der Waals surface area contributed by atoms with Gasteiger partial charge in [-0.3, -0.25) is 4.79 Å². The maximum absolute atomic E-state index is 13.1. The molecule has 0 aliphatic carbocycles. The third-order valence-corrected chi connectivity index (χ3v) is 6.01. The molecular weight excluding hydrogens is 420 g/mol. The van der Waals surface area contributed by atoms with Gasteiger partial charge in [-0.25, -0.2) is 9.97 Å². The van der Waals surface area contributed by atoms with E-state index in [0.29, 0.717) is 26.5 Å². The third-order valence-electron chi connectivity index (χ3n) is 4.65. The summed E-state index contributed by atoms with van der Waals surface area (Å²) in [7, 11) is 3.50. The quantitative estimate of drug-likeness (QED) is 0.472. The minimum Gasteiger partial charge on any atom is -0.497 e. The first kappa shape index (κ1) is 20.1. The number of nitrogens with one attached hydrogen (secondary N) is 1. The van der Waals surface area contributed by atoms with Gasteiger partial charge in [0.05, 0.1) is 18.3 Å².